The molecule has 1 amide bonds. The van der Waals surface area contributed by atoms with Crippen molar-refractivity contribution in [2.24, 2.45) is 0 Å². The van der Waals surface area contributed by atoms with Crippen molar-refractivity contribution in [3.8, 4) is 0 Å². The van der Waals surface area contributed by atoms with Gasteiger partial charge >= 0.3 is 0 Å². The molecule has 0 radical (unpaired) electrons. The Morgan fingerprint density at radius 3 is 2.74 bits per heavy atom. The minimum absolute atomic E-state index is 0.0216. The maximum atomic E-state index is 12.0. The Labute approximate surface area is 130 Å². The highest BCUT2D eigenvalue weighted by Gasteiger charge is 2.17. The van der Waals surface area contributed by atoms with E-state index in [1.807, 2.05) is 30.8 Å². The third-order valence-corrected chi connectivity index (χ3v) is 5.89. The summed E-state index contributed by atoms with van der Waals surface area (Å²) in [5.41, 5.74) is 1.95. The summed E-state index contributed by atoms with van der Waals surface area (Å²) in [6, 6.07) is 2.00. The molecule has 1 unspecified atom stereocenters. The van der Waals surface area contributed by atoms with Crippen molar-refractivity contribution in [2.75, 3.05) is 25.4 Å². The fraction of sp³-hybridized carbons (Fsp3) is 0.583. The van der Waals surface area contributed by atoms with Gasteiger partial charge in [-0.05, 0) is 35.8 Å². The lowest BCUT2D eigenvalue weighted by atomic mass is 10.3. The van der Waals surface area contributed by atoms with Crippen LogP contribution in [0.25, 0.3) is 0 Å². The zero-order valence-electron chi connectivity index (χ0n) is 11.0. The van der Waals surface area contributed by atoms with E-state index in [9.17, 15) is 10.0 Å². The van der Waals surface area contributed by atoms with E-state index in [1.165, 1.54) is 11.8 Å². The fourth-order valence-corrected chi connectivity index (χ4v) is 4.39. The summed E-state index contributed by atoms with van der Waals surface area (Å²) in [6.07, 6.45) is 0. The summed E-state index contributed by atoms with van der Waals surface area (Å²) in [4.78, 5) is 14.9. The van der Waals surface area contributed by atoms with E-state index in [0.29, 0.717) is 12.3 Å². The Morgan fingerprint density at radius 1 is 1.58 bits per heavy atom. The van der Waals surface area contributed by atoms with Gasteiger partial charge in [-0.1, -0.05) is 0 Å². The molecule has 0 saturated carbocycles. The topological polar surface area (TPSA) is 55.4 Å². The first-order chi connectivity index (χ1) is 9.12. The average molecular weight is 366 g/mol. The van der Waals surface area contributed by atoms with Crippen LogP contribution in [0, 0.1) is 5.21 Å². The smallest absolute Gasteiger partial charge is 0.232 e. The Morgan fingerprint density at radius 2 is 2.26 bits per heavy atom. The molecule has 1 atom stereocenters. The number of halogens is 1. The Hall–Kier alpha value is -0.0800. The summed E-state index contributed by atoms with van der Waals surface area (Å²) < 4.78 is 1.01. The van der Waals surface area contributed by atoms with Gasteiger partial charge in [-0.3, -0.25) is 4.79 Å². The highest BCUT2D eigenvalue weighted by molar-refractivity contribution is 9.10. The third-order valence-electron chi connectivity index (χ3n) is 2.70. The van der Waals surface area contributed by atoms with Crippen molar-refractivity contribution in [1.82, 2.24) is 10.4 Å². The van der Waals surface area contributed by atoms with Gasteiger partial charge in [0.15, 0.2) is 0 Å². The van der Waals surface area contributed by atoms with Gasteiger partial charge in [0.1, 0.15) is 0 Å². The van der Waals surface area contributed by atoms with Gasteiger partial charge in [0.2, 0.25) is 5.91 Å². The van der Waals surface area contributed by atoms with Crippen molar-refractivity contribution < 1.29 is 4.79 Å². The van der Waals surface area contributed by atoms with Gasteiger partial charge in [-0.25, -0.2) is 0 Å². The van der Waals surface area contributed by atoms with E-state index in [1.54, 1.807) is 16.2 Å². The lowest BCUT2D eigenvalue weighted by Gasteiger charge is -2.21. The van der Waals surface area contributed by atoms with E-state index in [2.05, 4.69) is 15.9 Å². The van der Waals surface area contributed by atoms with E-state index in [4.69, 9.17) is 0 Å². The van der Waals surface area contributed by atoms with Crippen molar-refractivity contribution >= 4 is 44.9 Å². The number of thioether (sulfide) groups is 1. The van der Waals surface area contributed by atoms with Crippen LogP contribution in [-0.4, -0.2) is 36.2 Å². The van der Waals surface area contributed by atoms with Crippen LogP contribution in [0.4, 0.5) is 0 Å². The number of rotatable bonds is 8. The van der Waals surface area contributed by atoms with Crippen molar-refractivity contribution in [1.29, 1.82) is 0 Å². The van der Waals surface area contributed by atoms with E-state index in [0.717, 1.165) is 22.4 Å². The number of hydrogen-bond donors (Lipinski definition) is 1. The molecular weight excluding hydrogens is 348 g/mol. The molecule has 0 fully saturated rings. The second kappa shape index (κ2) is 8.97. The molecule has 7 heteroatoms. The van der Waals surface area contributed by atoms with Crippen molar-refractivity contribution in [3.05, 3.63) is 26.0 Å². The average Bonchev–Trinajstić information content (AvgIpc) is 2.82. The first-order valence-corrected chi connectivity index (χ1v) is 8.82. The van der Waals surface area contributed by atoms with Gasteiger partial charge in [-0.2, -0.15) is 0 Å². The normalized spacial score (nSPS) is 12.4. The molecule has 0 aromatic carbocycles. The molecule has 4 nitrogen and oxygen atoms in total. The van der Waals surface area contributed by atoms with Crippen LogP contribution < -0.4 is 5.48 Å². The monoisotopic (exact) mass is 365 g/mol. The van der Waals surface area contributed by atoms with Crippen LogP contribution in [0.15, 0.2) is 15.9 Å². The first kappa shape index (κ1) is 17.0. The largest absolute Gasteiger partial charge is 0.788 e. The number of nitrogens with one attached hydrogen (secondary N) is 1. The summed E-state index contributed by atoms with van der Waals surface area (Å²) in [5.74, 6) is 0.533. The van der Waals surface area contributed by atoms with Crippen molar-refractivity contribution in [3.63, 3.8) is 0 Å². The van der Waals surface area contributed by atoms with Crippen LogP contribution in [0.1, 0.15) is 24.0 Å². The molecule has 0 aliphatic rings. The molecule has 1 N–H and O–H groups in total. The van der Waals surface area contributed by atoms with Gasteiger partial charge < -0.3 is 15.6 Å². The molecule has 0 saturated heterocycles. The number of carbonyl (C=O) groups is 1. The van der Waals surface area contributed by atoms with Crippen LogP contribution in [-0.2, 0) is 4.79 Å². The van der Waals surface area contributed by atoms with E-state index >= 15 is 0 Å². The molecule has 1 rings (SSSR count). The summed E-state index contributed by atoms with van der Waals surface area (Å²) in [5, 5.41) is 12.7. The highest BCUT2D eigenvalue weighted by atomic mass is 79.9. The Kier molecular flexibility index (Phi) is 8.01. The number of hydrogen-bond acceptors (Lipinski definition) is 5. The van der Waals surface area contributed by atoms with Crippen molar-refractivity contribution in [2.45, 2.75) is 19.1 Å². The van der Waals surface area contributed by atoms with Crippen LogP contribution in [0.5, 0.6) is 0 Å². The minimum Gasteiger partial charge on any atom is -0.788 e. The second-order valence-corrected chi connectivity index (χ2v) is 6.93. The quantitative estimate of drug-likeness (QED) is 0.718. The molecule has 1 heterocycles. The molecule has 0 aliphatic carbocycles. The first-order valence-electron chi connectivity index (χ1n) is 6.10. The summed E-state index contributed by atoms with van der Waals surface area (Å²) in [7, 11) is 0. The molecule has 0 aliphatic heterocycles. The lowest BCUT2D eigenvalue weighted by molar-refractivity contribution is -0.127. The Bertz CT molecular complexity index is 397. The van der Waals surface area contributed by atoms with Gasteiger partial charge in [0.25, 0.3) is 0 Å². The molecule has 0 bridgehead atoms. The van der Waals surface area contributed by atoms with E-state index in [-0.39, 0.29) is 11.2 Å². The van der Waals surface area contributed by atoms with Crippen LogP contribution in [0.2, 0.25) is 0 Å². The molecule has 0 spiro atoms. The zero-order chi connectivity index (χ0) is 14.3. The standard InChI is InChI=1S/C12H18BrN2O2S2/c1-3-15(4-2)12(16)8-19-11(6-14-17)10-5-9(13)7-18-10/h5,7,11,14H,3-4,6,8H2,1-2H3/q-1. The highest BCUT2D eigenvalue weighted by Crippen LogP contribution is 2.34. The number of carbonyl (C=O) groups excluding carboxylic acids is 1. The fourth-order valence-electron chi connectivity index (χ4n) is 1.65. The summed E-state index contributed by atoms with van der Waals surface area (Å²) in [6.45, 7) is 5.72. The molecule has 1 aromatic heterocycles. The second-order valence-electron chi connectivity index (χ2n) is 3.88. The van der Waals surface area contributed by atoms with Gasteiger partial charge in [-0.15, -0.1) is 23.1 Å². The van der Waals surface area contributed by atoms with Gasteiger partial charge in [0.05, 0.1) is 11.0 Å². The molecule has 19 heavy (non-hydrogen) atoms. The van der Waals surface area contributed by atoms with Gasteiger partial charge in [0, 0.05) is 34.4 Å². The van der Waals surface area contributed by atoms with Crippen LogP contribution >= 0.6 is 39.0 Å². The number of amides is 1. The lowest BCUT2D eigenvalue weighted by Crippen LogP contribution is -2.32. The predicted octanol–water partition coefficient (Wildman–Crippen LogP) is 3.24. The minimum atomic E-state index is 0.0216. The number of hydroxylamine groups is 1. The predicted molar refractivity (Wildman–Crippen MR) is 86.5 cm³/mol. The van der Waals surface area contributed by atoms with E-state index < -0.39 is 0 Å². The maximum Gasteiger partial charge on any atom is 0.232 e. The summed E-state index contributed by atoms with van der Waals surface area (Å²) >= 11 is 6.52. The maximum absolute atomic E-state index is 12.0. The molecule has 1 aromatic rings. The number of nitrogens with zero attached hydrogens (tertiary/aromatic N) is 1. The third kappa shape index (κ3) is 5.43. The Balaban J connectivity index is 2.57. The number of thiophene rings is 1. The molecule has 108 valence electrons. The SMILES string of the molecule is CCN(CC)C(=O)CSC(CN[O-])c1cc(Br)cs1. The van der Waals surface area contributed by atoms with Crippen LogP contribution in [0.3, 0.4) is 0 Å². The zero-order valence-corrected chi connectivity index (χ0v) is 14.2. The molecular formula is C12H18BrN2O2S2-.